The molecule has 1 heterocycles. The average molecular weight is 181 g/mol. The maximum atomic E-state index is 5.17. The SMILES string of the molecule is C1CC2(CCC1NC1COC1)CC2. The van der Waals surface area contributed by atoms with Gasteiger partial charge in [0, 0.05) is 6.04 Å². The minimum Gasteiger partial charge on any atom is -0.378 e. The molecule has 2 nitrogen and oxygen atoms in total. The van der Waals surface area contributed by atoms with Gasteiger partial charge < -0.3 is 10.1 Å². The number of nitrogens with one attached hydrogen (secondary N) is 1. The predicted molar refractivity (Wildman–Crippen MR) is 51.7 cm³/mol. The molecular formula is C11H19NO. The second kappa shape index (κ2) is 2.96. The van der Waals surface area contributed by atoms with E-state index in [1.165, 1.54) is 38.5 Å². The van der Waals surface area contributed by atoms with Crippen molar-refractivity contribution in [3.05, 3.63) is 0 Å². The summed E-state index contributed by atoms with van der Waals surface area (Å²) >= 11 is 0. The lowest BCUT2D eigenvalue weighted by atomic mass is 9.83. The van der Waals surface area contributed by atoms with Crippen molar-refractivity contribution >= 4 is 0 Å². The van der Waals surface area contributed by atoms with Crippen molar-refractivity contribution in [3.63, 3.8) is 0 Å². The second-order valence-electron chi connectivity index (χ2n) is 5.18. The van der Waals surface area contributed by atoms with Crippen molar-refractivity contribution in [2.75, 3.05) is 13.2 Å². The summed E-state index contributed by atoms with van der Waals surface area (Å²) in [6.45, 7) is 1.89. The zero-order valence-electron chi connectivity index (χ0n) is 8.22. The van der Waals surface area contributed by atoms with Gasteiger partial charge in [-0.1, -0.05) is 0 Å². The van der Waals surface area contributed by atoms with E-state index in [2.05, 4.69) is 5.32 Å². The van der Waals surface area contributed by atoms with Crippen LogP contribution in [0, 0.1) is 5.41 Å². The highest BCUT2D eigenvalue weighted by molar-refractivity contribution is 4.98. The van der Waals surface area contributed by atoms with Crippen LogP contribution >= 0.6 is 0 Å². The van der Waals surface area contributed by atoms with Gasteiger partial charge in [-0.25, -0.2) is 0 Å². The van der Waals surface area contributed by atoms with Crippen molar-refractivity contribution in [2.24, 2.45) is 5.41 Å². The standard InChI is InChI=1S/C11H19NO/c1-3-11(5-6-11)4-2-9(1)12-10-7-13-8-10/h9-10,12H,1-8H2. The van der Waals surface area contributed by atoms with Crippen LogP contribution in [0.15, 0.2) is 0 Å². The largest absolute Gasteiger partial charge is 0.378 e. The highest BCUT2D eigenvalue weighted by Crippen LogP contribution is 2.56. The lowest BCUT2D eigenvalue weighted by Crippen LogP contribution is -2.51. The first kappa shape index (κ1) is 8.25. The number of rotatable bonds is 2. The smallest absolute Gasteiger partial charge is 0.0643 e. The van der Waals surface area contributed by atoms with Gasteiger partial charge in [-0.15, -0.1) is 0 Å². The van der Waals surface area contributed by atoms with Gasteiger partial charge in [0.05, 0.1) is 19.3 Å². The van der Waals surface area contributed by atoms with E-state index in [-0.39, 0.29) is 0 Å². The minimum atomic E-state index is 0.679. The van der Waals surface area contributed by atoms with Gasteiger partial charge in [-0.2, -0.15) is 0 Å². The monoisotopic (exact) mass is 181 g/mol. The molecule has 0 aromatic carbocycles. The zero-order valence-corrected chi connectivity index (χ0v) is 8.22. The van der Waals surface area contributed by atoms with Gasteiger partial charge in [0.15, 0.2) is 0 Å². The molecule has 2 aliphatic carbocycles. The first-order valence-corrected chi connectivity index (χ1v) is 5.70. The number of hydrogen-bond donors (Lipinski definition) is 1. The van der Waals surface area contributed by atoms with Crippen LogP contribution in [0.1, 0.15) is 38.5 Å². The third-order valence-electron chi connectivity index (χ3n) is 4.11. The van der Waals surface area contributed by atoms with Crippen LogP contribution in [-0.2, 0) is 4.74 Å². The Kier molecular flexibility index (Phi) is 1.88. The fourth-order valence-electron chi connectivity index (χ4n) is 2.74. The molecule has 13 heavy (non-hydrogen) atoms. The fourth-order valence-corrected chi connectivity index (χ4v) is 2.74. The summed E-state index contributed by atoms with van der Waals surface area (Å²) in [5, 5.41) is 3.70. The minimum absolute atomic E-state index is 0.679. The van der Waals surface area contributed by atoms with Crippen LogP contribution in [0.25, 0.3) is 0 Å². The maximum absolute atomic E-state index is 5.17. The van der Waals surface area contributed by atoms with Gasteiger partial charge in [0.1, 0.15) is 0 Å². The van der Waals surface area contributed by atoms with E-state index in [9.17, 15) is 0 Å². The summed E-state index contributed by atoms with van der Waals surface area (Å²) in [5.41, 5.74) is 0.842. The molecule has 2 heteroatoms. The molecule has 0 aromatic rings. The van der Waals surface area contributed by atoms with Gasteiger partial charge in [0.2, 0.25) is 0 Å². The van der Waals surface area contributed by atoms with E-state index in [1.807, 2.05) is 0 Å². The predicted octanol–water partition coefficient (Wildman–Crippen LogP) is 1.70. The van der Waals surface area contributed by atoms with E-state index in [0.717, 1.165) is 24.7 Å². The van der Waals surface area contributed by atoms with Gasteiger partial charge in [0.25, 0.3) is 0 Å². The Morgan fingerprint density at radius 1 is 0.923 bits per heavy atom. The van der Waals surface area contributed by atoms with Gasteiger partial charge >= 0.3 is 0 Å². The molecule has 2 saturated carbocycles. The van der Waals surface area contributed by atoms with Crippen molar-refractivity contribution in [1.29, 1.82) is 0 Å². The van der Waals surface area contributed by atoms with Crippen LogP contribution in [0.4, 0.5) is 0 Å². The number of hydrogen-bond acceptors (Lipinski definition) is 2. The topological polar surface area (TPSA) is 21.3 Å². The van der Waals surface area contributed by atoms with E-state index in [1.54, 1.807) is 0 Å². The molecule has 0 atom stereocenters. The highest BCUT2D eigenvalue weighted by atomic mass is 16.5. The normalized spacial score (nSPS) is 33.2. The van der Waals surface area contributed by atoms with Gasteiger partial charge in [-0.3, -0.25) is 0 Å². The lowest BCUT2D eigenvalue weighted by molar-refractivity contribution is -0.0129. The summed E-state index contributed by atoms with van der Waals surface area (Å²) in [7, 11) is 0. The Bertz CT molecular complexity index is 186. The third-order valence-corrected chi connectivity index (χ3v) is 4.11. The van der Waals surface area contributed by atoms with E-state index >= 15 is 0 Å². The van der Waals surface area contributed by atoms with Crippen molar-refractivity contribution in [3.8, 4) is 0 Å². The molecule has 74 valence electrons. The average Bonchev–Trinajstić information content (AvgIpc) is 2.82. The highest BCUT2D eigenvalue weighted by Gasteiger charge is 2.44. The van der Waals surface area contributed by atoms with Crippen molar-refractivity contribution in [1.82, 2.24) is 5.32 Å². The molecule has 0 unspecified atom stereocenters. The first-order valence-electron chi connectivity index (χ1n) is 5.70. The molecule has 0 aromatic heterocycles. The van der Waals surface area contributed by atoms with Crippen LogP contribution in [-0.4, -0.2) is 25.3 Å². The van der Waals surface area contributed by atoms with Crippen molar-refractivity contribution < 1.29 is 4.74 Å². The van der Waals surface area contributed by atoms with E-state index in [4.69, 9.17) is 4.74 Å². The van der Waals surface area contributed by atoms with Crippen LogP contribution in [0.5, 0.6) is 0 Å². The lowest BCUT2D eigenvalue weighted by Gasteiger charge is -2.35. The first-order chi connectivity index (χ1) is 6.36. The van der Waals surface area contributed by atoms with Gasteiger partial charge in [-0.05, 0) is 43.9 Å². The maximum Gasteiger partial charge on any atom is 0.0643 e. The summed E-state index contributed by atoms with van der Waals surface area (Å²) < 4.78 is 5.17. The molecule has 1 N–H and O–H groups in total. The second-order valence-corrected chi connectivity index (χ2v) is 5.18. The molecule has 1 aliphatic heterocycles. The quantitative estimate of drug-likeness (QED) is 0.700. The summed E-state index contributed by atoms with van der Waals surface area (Å²) in [4.78, 5) is 0. The molecule has 1 saturated heterocycles. The van der Waals surface area contributed by atoms with E-state index < -0.39 is 0 Å². The zero-order chi connectivity index (χ0) is 8.73. The Labute approximate surface area is 80.0 Å². The molecule has 3 rings (SSSR count). The number of ether oxygens (including phenoxy) is 1. The molecule has 0 bridgehead atoms. The summed E-state index contributed by atoms with van der Waals surface area (Å²) in [5.74, 6) is 0. The molecule has 3 aliphatic rings. The van der Waals surface area contributed by atoms with Crippen LogP contribution in [0.3, 0.4) is 0 Å². The summed E-state index contributed by atoms with van der Waals surface area (Å²) in [6, 6.07) is 1.48. The fraction of sp³-hybridized carbons (Fsp3) is 1.00. The Morgan fingerprint density at radius 2 is 1.62 bits per heavy atom. The molecule has 0 radical (unpaired) electrons. The third kappa shape index (κ3) is 1.62. The van der Waals surface area contributed by atoms with Crippen molar-refractivity contribution in [2.45, 2.75) is 50.6 Å². The van der Waals surface area contributed by atoms with Crippen LogP contribution in [0.2, 0.25) is 0 Å². The Hall–Kier alpha value is -0.0800. The molecule has 0 amide bonds. The van der Waals surface area contributed by atoms with E-state index in [0.29, 0.717) is 6.04 Å². The summed E-state index contributed by atoms with van der Waals surface area (Å²) in [6.07, 6.45) is 8.84. The molecule has 3 fully saturated rings. The molecular weight excluding hydrogens is 162 g/mol. The molecule has 1 spiro atoms. The Balaban J connectivity index is 1.45. The van der Waals surface area contributed by atoms with Crippen LogP contribution < -0.4 is 5.32 Å². The Morgan fingerprint density at radius 3 is 2.08 bits per heavy atom.